The van der Waals surface area contributed by atoms with Gasteiger partial charge < -0.3 is 14.2 Å². The maximum absolute atomic E-state index is 15.6. The summed E-state index contributed by atoms with van der Waals surface area (Å²) in [5.74, 6) is -0.348. The second-order valence-electron chi connectivity index (χ2n) is 8.71. The second kappa shape index (κ2) is 10.5. The second-order valence-corrected chi connectivity index (χ2v) is 10.2. The first kappa shape index (κ1) is 24.1. The predicted octanol–water partition coefficient (Wildman–Crippen LogP) is 3.71. The van der Waals surface area contributed by atoms with E-state index in [0.29, 0.717) is 29.9 Å². The van der Waals surface area contributed by atoms with Crippen molar-refractivity contribution in [3.8, 4) is 11.1 Å². The minimum atomic E-state index is -1.44. The summed E-state index contributed by atoms with van der Waals surface area (Å²) in [5.41, 5.74) is 2.64. The van der Waals surface area contributed by atoms with E-state index in [-0.39, 0.29) is 24.7 Å². The standard InChI is InChI=1S/C25H30F2N2O3S/c1-3-33(31)28-24-20(26)15-29(25(30)22-11-6-12-32-22)21(24)14-18-9-5-10-19(23(18)27)17-8-4-7-16(2)13-17/h4-5,7-10,13,20-22,24,28H,3,6,11-12,14-15H2,1-2H3/t20-,21-,22+,24-,33?/m0/s1. The quantitative estimate of drug-likeness (QED) is 0.619. The largest absolute Gasteiger partial charge is 0.598 e. The van der Waals surface area contributed by atoms with E-state index in [4.69, 9.17) is 4.74 Å². The molecule has 0 aromatic heterocycles. The number of halogens is 2. The van der Waals surface area contributed by atoms with Crippen molar-refractivity contribution in [2.45, 2.75) is 57.5 Å². The average Bonchev–Trinajstić information content (AvgIpc) is 3.44. The van der Waals surface area contributed by atoms with E-state index < -0.39 is 35.7 Å². The number of amides is 1. The number of alkyl halides is 1. The van der Waals surface area contributed by atoms with E-state index >= 15 is 8.78 Å². The van der Waals surface area contributed by atoms with Crippen LogP contribution < -0.4 is 4.72 Å². The van der Waals surface area contributed by atoms with Gasteiger partial charge in [0.1, 0.15) is 29.9 Å². The molecule has 2 fully saturated rings. The average molecular weight is 477 g/mol. The molecule has 2 aromatic carbocycles. The van der Waals surface area contributed by atoms with Gasteiger partial charge in [-0.25, -0.2) is 8.78 Å². The molecule has 1 unspecified atom stereocenters. The molecule has 2 heterocycles. The van der Waals surface area contributed by atoms with Gasteiger partial charge in [0.25, 0.3) is 5.91 Å². The number of carbonyl (C=O) groups is 1. The summed E-state index contributed by atoms with van der Waals surface area (Å²) in [5, 5.41) is 0. The van der Waals surface area contributed by atoms with E-state index in [0.717, 1.165) is 17.5 Å². The smallest absolute Gasteiger partial charge is 0.252 e. The van der Waals surface area contributed by atoms with Gasteiger partial charge in [0.15, 0.2) is 0 Å². The number of benzene rings is 2. The fraction of sp³-hybridized carbons (Fsp3) is 0.480. The van der Waals surface area contributed by atoms with Crippen LogP contribution in [0.25, 0.3) is 11.1 Å². The van der Waals surface area contributed by atoms with E-state index in [9.17, 15) is 9.35 Å². The Kier molecular flexibility index (Phi) is 7.69. The van der Waals surface area contributed by atoms with Crippen LogP contribution in [-0.2, 0) is 27.3 Å². The van der Waals surface area contributed by atoms with Crippen molar-refractivity contribution in [1.82, 2.24) is 9.62 Å². The Balaban J connectivity index is 1.65. The number of nitrogens with zero attached hydrogens (tertiary/aromatic N) is 1. The fourth-order valence-electron chi connectivity index (χ4n) is 4.71. The molecule has 1 N–H and O–H groups in total. The van der Waals surface area contributed by atoms with Crippen molar-refractivity contribution in [1.29, 1.82) is 0 Å². The van der Waals surface area contributed by atoms with Crippen molar-refractivity contribution in [2.24, 2.45) is 0 Å². The van der Waals surface area contributed by atoms with Gasteiger partial charge in [-0.3, -0.25) is 4.79 Å². The molecule has 5 nitrogen and oxygen atoms in total. The van der Waals surface area contributed by atoms with Crippen LogP contribution in [-0.4, -0.2) is 58.6 Å². The van der Waals surface area contributed by atoms with Gasteiger partial charge in [0.2, 0.25) is 0 Å². The van der Waals surface area contributed by atoms with Crippen molar-refractivity contribution in [3.05, 3.63) is 59.4 Å². The molecule has 0 saturated carbocycles. The number of rotatable bonds is 7. The van der Waals surface area contributed by atoms with Crippen LogP contribution in [0.15, 0.2) is 42.5 Å². The predicted molar refractivity (Wildman–Crippen MR) is 125 cm³/mol. The lowest BCUT2D eigenvalue weighted by Crippen LogP contribution is -2.51. The number of hydrogen-bond donors (Lipinski definition) is 1. The molecule has 5 atom stereocenters. The maximum Gasteiger partial charge on any atom is 0.252 e. The van der Waals surface area contributed by atoms with Crippen molar-refractivity contribution < 1.29 is 22.9 Å². The molecule has 2 aliphatic rings. The van der Waals surface area contributed by atoms with Gasteiger partial charge in [-0.2, -0.15) is 0 Å². The summed E-state index contributed by atoms with van der Waals surface area (Å²) in [6, 6.07) is 11.2. The lowest BCUT2D eigenvalue weighted by atomic mass is 9.95. The SMILES string of the molecule is CC[S+]([O-])N[C@H]1[C@@H](F)CN(C(=O)[C@H]2CCCO2)[C@H]1Cc1cccc(-c2cccc(C)c2)c1F. The summed E-state index contributed by atoms with van der Waals surface area (Å²) in [7, 11) is 0. The van der Waals surface area contributed by atoms with E-state index in [2.05, 4.69) is 4.72 Å². The number of carbonyl (C=O) groups excluding carboxylic acids is 1. The Morgan fingerprint density at radius 1 is 1.30 bits per heavy atom. The Morgan fingerprint density at radius 2 is 2.09 bits per heavy atom. The number of hydrogen-bond acceptors (Lipinski definition) is 4. The molecule has 0 radical (unpaired) electrons. The van der Waals surface area contributed by atoms with Gasteiger partial charge in [-0.05, 0) is 44.2 Å². The molecule has 2 aliphatic heterocycles. The molecule has 33 heavy (non-hydrogen) atoms. The number of aryl methyl sites for hydroxylation is 1. The van der Waals surface area contributed by atoms with Crippen LogP contribution in [0.1, 0.15) is 30.9 Å². The minimum Gasteiger partial charge on any atom is -0.598 e. The van der Waals surface area contributed by atoms with Crippen LogP contribution >= 0.6 is 0 Å². The van der Waals surface area contributed by atoms with Gasteiger partial charge in [0, 0.05) is 23.5 Å². The molecule has 4 rings (SSSR count). The van der Waals surface area contributed by atoms with Crippen LogP contribution in [0.4, 0.5) is 8.78 Å². The van der Waals surface area contributed by atoms with Crippen LogP contribution in [0.5, 0.6) is 0 Å². The lowest BCUT2D eigenvalue weighted by Gasteiger charge is -2.30. The summed E-state index contributed by atoms with van der Waals surface area (Å²) in [6.07, 6.45) is -0.515. The van der Waals surface area contributed by atoms with Crippen LogP contribution in [0, 0.1) is 12.7 Å². The Hall–Kier alpha value is -2.00. The molecule has 0 spiro atoms. The zero-order valence-corrected chi connectivity index (χ0v) is 19.7. The monoisotopic (exact) mass is 476 g/mol. The summed E-state index contributed by atoms with van der Waals surface area (Å²) >= 11 is -1.44. The molecule has 2 aromatic rings. The zero-order valence-electron chi connectivity index (χ0n) is 18.9. The lowest BCUT2D eigenvalue weighted by molar-refractivity contribution is -0.142. The number of ether oxygens (including phenoxy) is 1. The van der Waals surface area contributed by atoms with Gasteiger partial charge in [-0.15, -0.1) is 4.72 Å². The van der Waals surface area contributed by atoms with Crippen LogP contribution in [0.3, 0.4) is 0 Å². The molecule has 1 amide bonds. The third-order valence-corrected chi connectivity index (χ3v) is 7.49. The Labute approximate surface area is 196 Å². The maximum atomic E-state index is 15.6. The van der Waals surface area contributed by atoms with Crippen molar-refractivity contribution >= 4 is 17.3 Å². The Morgan fingerprint density at radius 3 is 2.79 bits per heavy atom. The first-order valence-electron chi connectivity index (χ1n) is 11.4. The molecular weight excluding hydrogens is 446 g/mol. The third kappa shape index (κ3) is 5.24. The molecular formula is C25H30F2N2O3S. The molecule has 2 saturated heterocycles. The zero-order chi connectivity index (χ0) is 23.5. The highest BCUT2D eigenvalue weighted by Gasteiger charge is 2.48. The summed E-state index contributed by atoms with van der Waals surface area (Å²) < 4.78 is 51.3. The van der Waals surface area contributed by atoms with Crippen molar-refractivity contribution in [2.75, 3.05) is 18.9 Å². The highest BCUT2D eigenvalue weighted by atomic mass is 32.2. The third-order valence-electron chi connectivity index (χ3n) is 6.43. The van der Waals surface area contributed by atoms with Crippen LogP contribution in [0.2, 0.25) is 0 Å². The Bertz CT molecular complexity index is 986. The molecule has 0 aliphatic carbocycles. The summed E-state index contributed by atoms with van der Waals surface area (Å²) in [4.78, 5) is 14.6. The first-order valence-corrected chi connectivity index (χ1v) is 12.8. The van der Waals surface area contributed by atoms with Gasteiger partial charge in [0.05, 0.1) is 12.6 Å². The molecule has 8 heteroatoms. The van der Waals surface area contributed by atoms with Gasteiger partial charge in [-0.1, -0.05) is 48.0 Å². The van der Waals surface area contributed by atoms with E-state index in [1.807, 2.05) is 31.2 Å². The minimum absolute atomic E-state index is 0.114. The number of nitrogens with one attached hydrogen (secondary N) is 1. The van der Waals surface area contributed by atoms with E-state index in [1.54, 1.807) is 25.1 Å². The van der Waals surface area contributed by atoms with Crippen molar-refractivity contribution in [3.63, 3.8) is 0 Å². The highest BCUT2D eigenvalue weighted by Crippen LogP contribution is 2.31. The fourth-order valence-corrected chi connectivity index (χ4v) is 5.48. The normalized spacial score (nSPS) is 26.0. The highest BCUT2D eigenvalue weighted by molar-refractivity contribution is 7.89. The van der Waals surface area contributed by atoms with E-state index in [1.165, 1.54) is 4.90 Å². The number of likely N-dealkylation sites (tertiary alicyclic amines) is 1. The molecule has 178 valence electrons. The molecule has 0 bridgehead atoms. The first-order chi connectivity index (χ1) is 15.9. The summed E-state index contributed by atoms with van der Waals surface area (Å²) in [6.45, 7) is 4.06. The topological polar surface area (TPSA) is 64.6 Å². The van der Waals surface area contributed by atoms with Gasteiger partial charge >= 0.3 is 0 Å².